The van der Waals surface area contributed by atoms with Gasteiger partial charge in [-0.2, -0.15) is 0 Å². The molecule has 0 aliphatic heterocycles. The second-order valence-corrected chi connectivity index (χ2v) is 6.16. The van der Waals surface area contributed by atoms with Crippen molar-refractivity contribution in [1.29, 1.82) is 0 Å². The van der Waals surface area contributed by atoms with Gasteiger partial charge in [-0.05, 0) is 49.5 Å². The summed E-state index contributed by atoms with van der Waals surface area (Å²) in [6.45, 7) is 0. The summed E-state index contributed by atoms with van der Waals surface area (Å²) < 4.78 is 10.5. The zero-order chi connectivity index (χ0) is 14.2. The normalized spacial score (nSPS) is 14.9. The van der Waals surface area contributed by atoms with Crippen molar-refractivity contribution >= 4 is 33.7 Å². The molecule has 4 nitrogen and oxygen atoms in total. The smallest absolute Gasteiger partial charge is 0.348 e. The number of nitrogens with zero attached hydrogens (tertiary/aromatic N) is 1. The van der Waals surface area contributed by atoms with Crippen molar-refractivity contribution in [2.24, 2.45) is 0 Å². The van der Waals surface area contributed by atoms with E-state index < -0.39 is 0 Å². The Labute approximate surface area is 124 Å². The van der Waals surface area contributed by atoms with E-state index in [0.717, 1.165) is 29.7 Å². The summed E-state index contributed by atoms with van der Waals surface area (Å²) in [6, 6.07) is 3.64. The molecular formula is C16H13NO3S. The molecule has 21 heavy (non-hydrogen) atoms. The SMILES string of the molecule is O=c1oc(/C=C\c2ccco2)nc2sc3c(c12)CCCC3. The summed E-state index contributed by atoms with van der Waals surface area (Å²) >= 11 is 1.62. The second kappa shape index (κ2) is 5.00. The molecule has 0 aromatic carbocycles. The van der Waals surface area contributed by atoms with Gasteiger partial charge in [-0.1, -0.05) is 0 Å². The quantitative estimate of drug-likeness (QED) is 0.720. The molecule has 0 saturated heterocycles. The zero-order valence-corrected chi connectivity index (χ0v) is 12.1. The van der Waals surface area contributed by atoms with Crippen LogP contribution >= 0.6 is 11.3 Å². The number of fused-ring (bicyclic) bond motifs is 3. The van der Waals surface area contributed by atoms with Gasteiger partial charge in [0.1, 0.15) is 16.0 Å². The van der Waals surface area contributed by atoms with E-state index in [-0.39, 0.29) is 5.63 Å². The molecule has 0 fully saturated rings. The maximum atomic E-state index is 12.2. The Bertz CT molecular complexity index is 871. The van der Waals surface area contributed by atoms with Crippen molar-refractivity contribution in [3.63, 3.8) is 0 Å². The predicted molar refractivity (Wildman–Crippen MR) is 82.4 cm³/mol. The van der Waals surface area contributed by atoms with E-state index in [2.05, 4.69) is 4.98 Å². The topological polar surface area (TPSA) is 56.2 Å². The third-order valence-corrected chi connectivity index (χ3v) is 4.88. The molecule has 0 N–H and O–H groups in total. The monoisotopic (exact) mass is 299 g/mol. The van der Waals surface area contributed by atoms with Gasteiger partial charge >= 0.3 is 5.63 Å². The van der Waals surface area contributed by atoms with Crippen molar-refractivity contribution in [1.82, 2.24) is 4.98 Å². The molecule has 3 aromatic rings. The van der Waals surface area contributed by atoms with Crippen molar-refractivity contribution < 1.29 is 8.83 Å². The molecule has 4 rings (SSSR count). The van der Waals surface area contributed by atoms with Crippen LogP contribution in [0.25, 0.3) is 22.4 Å². The van der Waals surface area contributed by atoms with E-state index >= 15 is 0 Å². The molecule has 0 unspecified atom stereocenters. The maximum absolute atomic E-state index is 12.2. The third kappa shape index (κ3) is 2.23. The lowest BCUT2D eigenvalue weighted by Crippen LogP contribution is -2.06. The van der Waals surface area contributed by atoms with Crippen LogP contribution < -0.4 is 5.63 Å². The van der Waals surface area contributed by atoms with Crippen LogP contribution in [0.5, 0.6) is 0 Å². The molecule has 0 atom stereocenters. The van der Waals surface area contributed by atoms with Gasteiger partial charge in [0.25, 0.3) is 0 Å². The second-order valence-electron chi connectivity index (χ2n) is 5.08. The summed E-state index contributed by atoms with van der Waals surface area (Å²) in [6.07, 6.45) is 9.34. The Morgan fingerprint density at radius 2 is 2.14 bits per heavy atom. The minimum absolute atomic E-state index is 0.279. The van der Waals surface area contributed by atoms with Gasteiger partial charge in [0.05, 0.1) is 6.26 Å². The average Bonchev–Trinajstić information content (AvgIpc) is 3.12. The highest BCUT2D eigenvalue weighted by atomic mass is 32.1. The van der Waals surface area contributed by atoms with E-state index in [1.165, 1.54) is 11.3 Å². The Morgan fingerprint density at radius 1 is 1.24 bits per heavy atom. The van der Waals surface area contributed by atoms with Gasteiger partial charge in [0.15, 0.2) is 0 Å². The first-order chi connectivity index (χ1) is 10.3. The zero-order valence-electron chi connectivity index (χ0n) is 11.3. The van der Waals surface area contributed by atoms with Crippen LogP contribution in [0.15, 0.2) is 32.0 Å². The van der Waals surface area contributed by atoms with Gasteiger partial charge in [-0.25, -0.2) is 9.78 Å². The van der Waals surface area contributed by atoms with Crippen molar-refractivity contribution in [3.05, 3.63) is 50.9 Å². The highest BCUT2D eigenvalue weighted by Gasteiger charge is 2.20. The number of aromatic nitrogens is 1. The lowest BCUT2D eigenvalue weighted by molar-refractivity contribution is 0.490. The summed E-state index contributed by atoms with van der Waals surface area (Å²) in [4.78, 5) is 18.8. The molecule has 3 heterocycles. The highest BCUT2D eigenvalue weighted by Crippen LogP contribution is 2.33. The molecule has 3 aromatic heterocycles. The Morgan fingerprint density at radius 3 is 3.00 bits per heavy atom. The standard InChI is InChI=1S/C16H13NO3S/c18-16-14-11-5-1-2-6-12(11)21-15(14)17-13(20-16)8-7-10-4-3-9-19-10/h3-4,7-9H,1-2,5-6H2/b8-7-. The van der Waals surface area contributed by atoms with E-state index in [0.29, 0.717) is 17.0 Å². The maximum Gasteiger partial charge on any atom is 0.348 e. The lowest BCUT2D eigenvalue weighted by Gasteiger charge is -2.09. The van der Waals surface area contributed by atoms with E-state index in [4.69, 9.17) is 8.83 Å². The summed E-state index contributed by atoms with van der Waals surface area (Å²) in [5, 5.41) is 0.685. The largest absolute Gasteiger partial charge is 0.465 e. The first kappa shape index (κ1) is 12.6. The van der Waals surface area contributed by atoms with Crippen molar-refractivity contribution in [3.8, 4) is 0 Å². The Balaban J connectivity index is 1.80. The molecule has 0 radical (unpaired) electrons. The number of aryl methyl sites for hydroxylation is 2. The average molecular weight is 299 g/mol. The van der Waals surface area contributed by atoms with Crippen LogP contribution in [0.2, 0.25) is 0 Å². The lowest BCUT2D eigenvalue weighted by atomic mass is 9.97. The predicted octanol–water partition coefficient (Wildman–Crippen LogP) is 3.89. The van der Waals surface area contributed by atoms with E-state index in [9.17, 15) is 4.79 Å². The highest BCUT2D eigenvalue weighted by molar-refractivity contribution is 7.18. The summed E-state index contributed by atoms with van der Waals surface area (Å²) in [5.74, 6) is 1.02. The Kier molecular flexibility index (Phi) is 3.00. The number of hydrogen-bond donors (Lipinski definition) is 0. The van der Waals surface area contributed by atoms with E-state index in [1.54, 1.807) is 35.8 Å². The summed E-state index contributed by atoms with van der Waals surface area (Å²) in [5.41, 5.74) is 0.877. The molecule has 1 aliphatic rings. The van der Waals surface area contributed by atoms with Crippen LogP contribution in [0.4, 0.5) is 0 Å². The van der Waals surface area contributed by atoms with Gasteiger partial charge in [-0.3, -0.25) is 0 Å². The summed E-state index contributed by atoms with van der Waals surface area (Å²) in [7, 11) is 0. The van der Waals surface area contributed by atoms with Gasteiger partial charge in [0, 0.05) is 11.0 Å². The first-order valence-corrected chi connectivity index (χ1v) is 7.80. The molecule has 0 spiro atoms. The molecule has 0 saturated carbocycles. The molecule has 0 bridgehead atoms. The number of thiophene rings is 1. The molecule has 106 valence electrons. The van der Waals surface area contributed by atoms with Crippen molar-refractivity contribution in [2.45, 2.75) is 25.7 Å². The van der Waals surface area contributed by atoms with Crippen LogP contribution in [-0.4, -0.2) is 4.98 Å². The van der Waals surface area contributed by atoms with Crippen molar-refractivity contribution in [2.75, 3.05) is 0 Å². The first-order valence-electron chi connectivity index (χ1n) is 6.98. The molecule has 5 heteroatoms. The van der Waals surface area contributed by atoms with Crippen LogP contribution in [0.3, 0.4) is 0 Å². The fraction of sp³-hybridized carbons (Fsp3) is 0.250. The van der Waals surface area contributed by atoms with Gasteiger partial charge in [0.2, 0.25) is 5.89 Å². The minimum Gasteiger partial charge on any atom is -0.465 e. The fourth-order valence-corrected chi connectivity index (χ4v) is 3.97. The van der Waals surface area contributed by atoms with Gasteiger partial charge in [-0.15, -0.1) is 11.3 Å². The number of rotatable bonds is 2. The number of furan rings is 1. The third-order valence-electron chi connectivity index (χ3n) is 3.70. The molecule has 1 aliphatic carbocycles. The van der Waals surface area contributed by atoms with Crippen LogP contribution in [-0.2, 0) is 12.8 Å². The van der Waals surface area contributed by atoms with Crippen LogP contribution in [0, 0.1) is 0 Å². The Hall–Kier alpha value is -2.14. The molecular weight excluding hydrogens is 286 g/mol. The van der Waals surface area contributed by atoms with E-state index in [1.807, 2.05) is 6.07 Å². The van der Waals surface area contributed by atoms with Gasteiger partial charge < -0.3 is 8.83 Å². The van der Waals surface area contributed by atoms with Crippen LogP contribution in [0.1, 0.15) is 34.9 Å². The molecule has 0 amide bonds. The number of hydrogen-bond acceptors (Lipinski definition) is 5. The fourth-order valence-electron chi connectivity index (χ4n) is 2.72. The minimum atomic E-state index is -0.279.